The third-order valence-corrected chi connectivity index (χ3v) is 2.99. The van der Waals surface area contributed by atoms with Gasteiger partial charge in [0, 0.05) is 24.6 Å². The lowest BCUT2D eigenvalue weighted by molar-refractivity contribution is -0.122. The predicted octanol–water partition coefficient (Wildman–Crippen LogP) is 1.00. The van der Waals surface area contributed by atoms with Crippen molar-refractivity contribution in [1.29, 1.82) is 0 Å². The van der Waals surface area contributed by atoms with Crippen LogP contribution >= 0.6 is 0 Å². The molecule has 1 aliphatic rings. The van der Waals surface area contributed by atoms with Gasteiger partial charge in [-0.3, -0.25) is 9.59 Å². The van der Waals surface area contributed by atoms with E-state index in [1.807, 2.05) is 31.2 Å². The van der Waals surface area contributed by atoms with Crippen LogP contribution in [0.3, 0.4) is 0 Å². The van der Waals surface area contributed by atoms with Crippen molar-refractivity contribution in [3.63, 3.8) is 0 Å². The molecule has 0 saturated carbocycles. The van der Waals surface area contributed by atoms with Gasteiger partial charge in [-0.25, -0.2) is 0 Å². The first-order valence-electron chi connectivity index (χ1n) is 5.80. The molecule has 1 aromatic carbocycles. The topological polar surface area (TPSA) is 58.2 Å². The maximum absolute atomic E-state index is 12.0. The van der Waals surface area contributed by atoms with Gasteiger partial charge in [-0.1, -0.05) is 18.2 Å². The number of hydrogen-bond acceptors (Lipinski definition) is 2. The molecule has 2 N–H and O–H groups in total. The molecular formula is C13H16N2O2. The van der Waals surface area contributed by atoms with Crippen LogP contribution in [0.4, 0.5) is 0 Å². The van der Waals surface area contributed by atoms with Crippen molar-refractivity contribution < 1.29 is 9.59 Å². The van der Waals surface area contributed by atoms with E-state index in [9.17, 15) is 9.59 Å². The smallest absolute Gasteiger partial charge is 0.251 e. The number of nitrogens with one attached hydrogen (secondary N) is 2. The zero-order chi connectivity index (χ0) is 12.3. The first kappa shape index (κ1) is 11.6. The van der Waals surface area contributed by atoms with Gasteiger partial charge in [0.05, 0.1) is 0 Å². The summed E-state index contributed by atoms with van der Waals surface area (Å²) in [6, 6.07) is 7.53. The van der Waals surface area contributed by atoms with Crippen molar-refractivity contribution >= 4 is 11.8 Å². The first-order valence-corrected chi connectivity index (χ1v) is 5.80. The summed E-state index contributed by atoms with van der Waals surface area (Å²) in [6.07, 6.45) is 1.20. The number of hydrogen-bond donors (Lipinski definition) is 2. The summed E-state index contributed by atoms with van der Waals surface area (Å²) in [5, 5.41) is 5.69. The number of aryl methyl sites for hydroxylation is 1. The Morgan fingerprint density at radius 3 is 2.82 bits per heavy atom. The van der Waals surface area contributed by atoms with Crippen LogP contribution in [0.15, 0.2) is 24.3 Å². The van der Waals surface area contributed by atoms with E-state index in [2.05, 4.69) is 10.6 Å². The normalized spacial score (nSPS) is 19.6. The Kier molecular flexibility index (Phi) is 3.42. The number of benzene rings is 1. The Bertz CT molecular complexity index is 433. The minimum atomic E-state index is -0.0655. The number of rotatable bonds is 2. The zero-order valence-corrected chi connectivity index (χ0v) is 9.82. The van der Waals surface area contributed by atoms with Crippen molar-refractivity contribution in [2.75, 3.05) is 6.54 Å². The number of amides is 2. The summed E-state index contributed by atoms with van der Waals surface area (Å²) in [7, 11) is 0. The van der Waals surface area contributed by atoms with Crippen LogP contribution in [0.2, 0.25) is 0 Å². The molecule has 90 valence electrons. The van der Waals surface area contributed by atoms with E-state index in [0.29, 0.717) is 24.9 Å². The van der Waals surface area contributed by atoms with Crippen molar-refractivity contribution in [3.8, 4) is 0 Å². The predicted molar refractivity (Wildman–Crippen MR) is 64.7 cm³/mol. The summed E-state index contributed by atoms with van der Waals surface area (Å²) < 4.78 is 0. The highest BCUT2D eigenvalue weighted by atomic mass is 16.2. The van der Waals surface area contributed by atoms with Crippen molar-refractivity contribution in [3.05, 3.63) is 35.4 Å². The molecule has 0 radical (unpaired) electrons. The maximum atomic E-state index is 12.0. The van der Waals surface area contributed by atoms with Gasteiger partial charge >= 0.3 is 0 Å². The SMILES string of the molecule is Cc1ccccc1C(=O)NC1CCC(=O)NC1. The molecule has 2 amide bonds. The highest BCUT2D eigenvalue weighted by Gasteiger charge is 2.20. The van der Waals surface area contributed by atoms with Gasteiger partial charge in [0.25, 0.3) is 5.91 Å². The second kappa shape index (κ2) is 4.99. The van der Waals surface area contributed by atoms with Gasteiger partial charge < -0.3 is 10.6 Å². The van der Waals surface area contributed by atoms with Crippen LogP contribution in [-0.2, 0) is 4.79 Å². The summed E-state index contributed by atoms with van der Waals surface area (Å²) in [5.41, 5.74) is 1.66. The van der Waals surface area contributed by atoms with Crippen LogP contribution in [0, 0.1) is 6.92 Å². The Morgan fingerprint density at radius 1 is 1.41 bits per heavy atom. The average molecular weight is 232 g/mol. The van der Waals surface area contributed by atoms with E-state index in [4.69, 9.17) is 0 Å². The fourth-order valence-electron chi connectivity index (χ4n) is 1.95. The fourth-order valence-corrected chi connectivity index (χ4v) is 1.95. The van der Waals surface area contributed by atoms with E-state index in [0.717, 1.165) is 5.56 Å². The van der Waals surface area contributed by atoms with Gasteiger partial charge in [-0.05, 0) is 25.0 Å². The molecule has 4 nitrogen and oxygen atoms in total. The number of carbonyl (C=O) groups excluding carboxylic acids is 2. The van der Waals surface area contributed by atoms with Gasteiger partial charge in [0.15, 0.2) is 0 Å². The molecule has 1 saturated heterocycles. The van der Waals surface area contributed by atoms with E-state index >= 15 is 0 Å². The van der Waals surface area contributed by atoms with E-state index in [1.54, 1.807) is 0 Å². The molecule has 1 heterocycles. The summed E-state index contributed by atoms with van der Waals surface area (Å²) in [4.78, 5) is 23.0. The average Bonchev–Trinajstić information content (AvgIpc) is 2.32. The molecule has 1 atom stereocenters. The maximum Gasteiger partial charge on any atom is 0.251 e. The molecule has 2 rings (SSSR count). The lowest BCUT2D eigenvalue weighted by atomic mass is 10.0. The summed E-state index contributed by atoms with van der Waals surface area (Å²) in [5.74, 6) is -0.00404. The van der Waals surface area contributed by atoms with Gasteiger partial charge in [0.2, 0.25) is 5.91 Å². The third kappa shape index (κ3) is 2.84. The van der Waals surface area contributed by atoms with E-state index in [1.165, 1.54) is 0 Å². The van der Waals surface area contributed by atoms with E-state index in [-0.39, 0.29) is 17.9 Å². The van der Waals surface area contributed by atoms with Crippen molar-refractivity contribution in [1.82, 2.24) is 10.6 Å². The molecule has 0 spiro atoms. The van der Waals surface area contributed by atoms with Crippen LogP contribution in [0.5, 0.6) is 0 Å². The highest BCUT2D eigenvalue weighted by molar-refractivity contribution is 5.95. The molecule has 0 aromatic heterocycles. The minimum Gasteiger partial charge on any atom is -0.354 e. The summed E-state index contributed by atoms with van der Waals surface area (Å²) >= 11 is 0. The lowest BCUT2D eigenvalue weighted by Gasteiger charge is -2.23. The second-order valence-corrected chi connectivity index (χ2v) is 4.33. The number of carbonyl (C=O) groups is 2. The first-order chi connectivity index (χ1) is 8.16. The van der Waals surface area contributed by atoms with E-state index < -0.39 is 0 Å². The van der Waals surface area contributed by atoms with Crippen molar-refractivity contribution in [2.24, 2.45) is 0 Å². The second-order valence-electron chi connectivity index (χ2n) is 4.33. The lowest BCUT2D eigenvalue weighted by Crippen LogP contribution is -2.47. The third-order valence-electron chi connectivity index (χ3n) is 2.99. The molecule has 0 aliphatic carbocycles. The Labute approximate surface area is 100 Å². The Hall–Kier alpha value is -1.84. The quantitative estimate of drug-likeness (QED) is 0.799. The number of piperidine rings is 1. The fraction of sp³-hybridized carbons (Fsp3) is 0.385. The molecular weight excluding hydrogens is 216 g/mol. The molecule has 1 aromatic rings. The standard InChI is InChI=1S/C13H16N2O2/c1-9-4-2-3-5-11(9)13(17)15-10-6-7-12(16)14-8-10/h2-5,10H,6-8H2,1H3,(H,14,16)(H,15,17). The molecule has 0 bridgehead atoms. The van der Waals surface area contributed by atoms with Gasteiger partial charge in [-0.2, -0.15) is 0 Å². The van der Waals surface area contributed by atoms with Gasteiger partial charge in [0.1, 0.15) is 0 Å². The van der Waals surface area contributed by atoms with Crippen molar-refractivity contribution in [2.45, 2.75) is 25.8 Å². The Balaban J connectivity index is 1.98. The molecule has 4 heteroatoms. The Morgan fingerprint density at radius 2 is 2.18 bits per heavy atom. The monoisotopic (exact) mass is 232 g/mol. The molecule has 1 unspecified atom stereocenters. The molecule has 17 heavy (non-hydrogen) atoms. The summed E-state index contributed by atoms with van der Waals surface area (Å²) in [6.45, 7) is 2.44. The van der Waals surface area contributed by atoms with Crippen LogP contribution in [0.25, 0.3) is 0 Å². The largest absolute Gasteiger partial charge is 0.354 e. The molecule has 1 aliphatic heterocycles. The van der Waals surface area contributed by atoms with Crippen LogP contribution in [-0.4, -0.2) is 24.4 Å². The van der Waals surface area contributed by atoms with Gasteiger partial charge in [-0.15, -0.1) is 0 Å². The highest BCUT2D eigenvalue weighted by Crippen LogP contribution is 2.09. The van der Waals surface area contributed by atoms with Crippen LogP contribution in [0.1, 0.15) is 28.8 Å². The zero-order valence-electron chi connectivity index (χ0n) is 9.82. The molecule has 1 fully saturated rings. The minimum absolute atomic E-state index is 0.0415. The van der Waals surface area contributed by atoms with Crippen LogP contribution < -0.4 is 10.6 Å².